The highest BCUT2D eigenvalue weighted by Crippen LogP contribution is 2.27. The third-order valence-electron chi connectivity index (χ3n) is 3.48. The van der Waals surface area contributed by atoms with E-state index in [-0.39, 0.29) is 10.6 Å². The summed E-state index contributed by atoms with van der Waals surface area (Å²) >= 11 is 0. The van der Waals surface area contributed by atoms with Gasteiger partial charge in [-0.2, -0.15) is 13.5 Å². The van der Waals surface area contributed by atoms with Gasteiger partial charge in [-0.1, -0.05) is 6.07 Å². The second-order valence-electron chi connectivity index (χ2n) is 5.17. The van der Waals surface area contributed by atoms with Crippen LogP contribution in [0, 0.1) is 17.0 Å². The van der Waals surface area contributed by atoms with Gasteiger partial charge in [0, 0.05) is 11.6 Å². The molecule has 2 aromatic rings. The molecule has 2 aromatic carbocycles. The van der Waals surface area contributed by atoms with E-state index in [1.165, 1.54) is 39.5 Å². The van der Waals surface area contributed by atoms with Crippen molar-refractivity contribution in [2.75, 3.05) is 14.2 Å². The molecular formula is C16H17N3O6S. The Bertz CT molecular complexity index is 956. The number of aryl methyl sites for hydroxylation is 1. The second-order valence-corrected chi connectivity index (χ2v) is 6.83. The average Bonchev–Trinajstić information content (AvgIpc) is 2.61. The summed E-state index contributed by atoms with van der Waals surface area (Å²) in [6, 6.07) is 8.56. The highest BCUT2D eigenvalue weighted by molar-refractivity contribution is 7.89. The number of nitro benzene ring substituents is 1. The van der Waals surface area contributed by atoms with Crippen LogP contribution in [0.2, 0.25) is 0 Å². The van der Waals surface area contributed by atoms with Crippen molar-refractivity contribution < 1.29 is 22.8 Å². The summed E-state index contributed by atoms with van der Waals surface area (Å²) in [4.78, 5) is 12.1. The van der Waals surface area contributed by atoms with Gasteiger partial charge in [0.25, 0.3) is 15.7 Å². The Kier molecular flexibility index (Phi) is 5.78. The Balaban J connectivity index is 2.21. The Labute approximate surface area is 150 Å². The topological polar surface area (TPSA) is 120 Å². The zero-order valence-corrected chi connectivity index (χ0v) is 15.1. The molecule has 0 aromatic heterocycles. The van der Waals surface area contributed by atoms with Gasteiger partial charge < -0.3 is 9.47 Å². The van der Waals surface area contributed by atoms with Crippen LogP contribution in [-0.2, 0) is 10.0 Å². The number of hydrazone groups is 1. The molecule has 26 heavy (non-hydrogen) atoms. The van der Waals surface area contributed by atoms with Gasteiger partial charge in [0.15, 0.2) is 11.5 Å². The number of nitro groups is 1. The lowest BCUT2D eigenvalue weighted by Gasteiger charge is -2.07. The van der Waals surface area contributed by atoms with Crippen LogP contribution in [0.1, 0.15) is 11.1 Å². The molecule has 0 aliphatic carbocycles. The summed E-state index contributed by atoms with van der Waals surface area (Å²) in [6.45, 7) is 1.52. The van der Waals surface area contributed by atoms with Crippen molar-refractivity contribution in [2.45, 2.75) is 11.8 Å². The van der Waals surface area contributed by atoms with Crippen LogP contribution in [0.4, 0.5) is 5.69 Å². The van der Waals surface area contributed by atoms with Gasteiger partial charge in [-0.25, -0.2) is 4.83 Å². The van der Waals surface area contributed by atoms with Crippen molar-refractivity contribution in [3.63, 3.8) is 0 Å². The molecule has 0 saturated heterocycles. The number of benzene rings is 2. The average molecular weight is 379 g/mol. The standard InChI is InChI=1S/C16H17N3O6S/c1-11-4-6-13(9-14(11)19(20)21)26(22,23)18-17-10-12-5-7-15(24-2)16(8-12)25-3/h4-10,18H,1-3H3. The molecule has 0 heterocycles. The van der Waals surface area contributed by atoms with Gasteiger partial charge in [-0.15, -0.1) is 0 Å². The maximum atomic E-state index is 12.2. The molecule has 1 N–H and O–H groups in total. The summed E-state index contributed by atoms with van der Waals surface area (Å²) in [5.41, 5.74) is 0.653. The fourth-order valence-electron chi connectivity index (χ4n) is 2.11. The molecule has 0 bridgehead atoms. The molecule has 0 fully saturated rings. The first-order valence-corrected chi connectivity index (χ1v) is 8.78. The van der Waals surface area contributed by atoms with Crippen molar-refractivity contribution in [1.82, 2.24) is 4.83 Å². The first-order chi connectivity index (χ1) is 12.3. The van der Waals surface area contributed by atoms with E-state index in [9.17, 15) is 18.5 Å². The van der Waals surface area contributed by atoms with E-state index >= 15 is 0 Å². The number of nitrogens with one attached hydrogen (secondary N) is 1. The Morgan fingerprint density at radius 1 is 1.12 bits per heavy atom. The van der Waals surface area contributed by atoms with Crippen LogP contribution < -0.4 is 14.3 Å². The highest BCUT2D eigenvalue weighted by Gasteiger charge is 2.19. The van der Waals surface area contributed by atoms with Crippen molar-refractivity contribution >= 4 is 21.9 Å². The van der Waals surface area contributed by atoms with Gasteiger partial charge >= 0.3 is 0 Å². The van der Waals surface area contributed by atoms with Crippen LogP contribution in [-0.4, -0.2) is 33.8 Å². The SMILES string of the molecule is COc1ccc(C=NNS(=O)(=O)c2ccc(C)c([N+](=O)[O-])c2)cc1OC. The molecule has 9 nitrogen and oxygen atoms in total. The van der Waals surface area contributed by atoms with Crippen LogP contribution in [0.25, 0.3) is 0 Å². The van der Waals surface area contributed by atoms with Gasteiger partial charge in [-0.05, 0) is 36.8 Å². The number of hydrogen-bond acceptors (Lipinski definition) is 7. The van der Waals surface area contributed by atoms with Crippen LogP contribution in [0.15, 0.2) is 46.4 Å². The quantitative estimate of drug-likeness (QED) is 0.447. The molecule has 0 radical (unpaired) electrons. The van der Waals surface area contributed by atoms with Gasteiger partial charge in [0.05, 0.1) is 30.3 Å². The predicted molar refractivity (Wildman–Crippen MR) is 95.3 cm³/mol. The number of nitrogens with zero attached hydrogens (tertiary/aromatic N) is 2. The number of methoxy groups -OCH3 is 2. The minimum absolute atomic E-state index is 0.251. The first kappa shape index (κ1) is 19.2. The molecule has 0 amide bonds. The second kappa shape index (κ2) is 7.83. The molecule has 0 aliphatic heterocycles. The number of hydrogen-bond donors (Lipinski definition) is 1. The summed E-state index contributed by atoms with van der Waals surface area (Å²) in [5.74, 6) is 0.991. The molecule has 0 aliphatic rings. The van der Waals surface area contributed by atoms with Crippen LogP contribution in [0.3, 0.4) is 0 Å². The number of sulfonamides is 1. The maximum absolute atomic E-state index is 12.2. The third kappa shape index (κ3) is 4.28. The van der Waals surface area contributed by atoms with Gasteiger partial charge in [0.1, 0.15) is 0 Å². The van der Waals surface area contributed by atoms with Crippen molar-refractivity contribution in [3.05, 3.63) is 57.6 Å². The van der Waals surface area contributed by atoms with E-state index in [1.807, 2.05) is 4.83 Å². The zero-order chi connectivity index (χ0) is 19.3. The third-order valence-corrected chi connectivity index (χ3v) is 4.70. The summed E-state index contributed by atoms with van der Waals surface area (Å²) in [5, 5.41) is 14.6. The summed E-state index contributed by atoms with van der Waals surface area (Å²) in [7, 11) is -1.06. The molecule has 2 rings (SSSR count). The normalized spacial score (nSPS) is 11.3. The predicted octanol–water partition coefficient (Wildman–Crippen LogP) is 2.23. The van der Waals surface area contributed by atoms with Gasteiger partial charge in [0.2, 0.25) is 0 Å². The maximum Gasteiger partial charge on any atom is 0.276 e. The van der Waals surface area contributed by atoms with Crippen LogP contribution in [0.5, 0.6) is 11.5 Å². The van der Waals surface area contributed by atoms with Crippen molar-refractivity contribution in [1.29, 1.82) is 0 Å². The molecule has 10 heteroatoms. The zero-order valence-electron chi connectivity index (χ0n) is 14.3. The van der Waals surface area contributed by atoms with E-state index < -0.39 is 14.9 Å². The monoisotopic (exact) mass is 379 g/mol. The van der Waals surface area contributed by atoms with E-state index in [0.29, 0.717) is 22.6 Å². The fraction of sp³-hybridized carbons (Fsp3) is 0.188. The Morgan fingerprint density at radius 2 is 1.81 bits per heavy atom. The van der Waals surface area contributed by atoms with E-state index in [1.54, 1.807) is 18.2 Å². The smallest absolute Gasteiger partial charge is 0.276 e. The molecular weight excluding hydrogens is 362 g/mol. The Hall–Kier alpha value is -3.14. The molecule has 0 saturated carbocycles. The summed E-state index contributed by atoms with van der Waals surface area (Å²) in [6.07, 6.45) is 1.28. The first-order valence-electron chi connectivity index (χ1n) is 7.30. The Morgan fingerprint density at radius 3 is 2.42 bits per heavy atom. The number of ether oxygens (including phenoxy) is 2. The minimum Gasteiger partial charge on any atom is -0.493 e. The highest BCUT2D eigenvalue weighted by atomic mass is 32.2. The van der Waals surface area contributed by atoms with Crippen molar-refractivity contribution in [3.8, 4) is 11.5 Å². The lowest BCUT2D eigenvalue weighted by Crippen LogP contribution is -2.18. The van der Waals surface area contributed by atoms with Crippen molar-refractivity contribution in [2.24, 2.45) is 5.10 Å². The van der Waals surface area contributed by atoms with Crippen LogP contribution >= 0.6 is 0 Å². The lowest BCUT2D eigenvalue weighted by atomic mass is 10.2. The van der Waals surface area contributed by atoms with Gasteiger partial charge in [-0.3, -0.25) is 10.1 Å². The van der Waals surface area contributed by atoms with E-state index in [2.05, 4.69) is 5.10 Å². The number of rotatable bonds is 7. The van der Waals surface area contributed by atoms with E-state index in [4.69, 9.17) is 9.47 Å². The molecule has 0 unspecified atom stereocenters. The molecule has 0 spiro atoms. The molecule has 0 atom stereocenters. The molecule has 138 valence electrons. The minimum atomic E-state index is -4.04. The largest absolute Gasteiger partial charge is 0.493 e. The lowest BCUT2D eigenvalue weighted by molar-refractivity contribution is -0.385. The van der Waals surface area contributed by atoms with E-state index in [0.717, 1.165) is 6.07 Å². The summed E-state index contributed by atoms with van der Waals surface area (Å²) < 4.78 is 34.7. The fourth-order valence-corrected chi connectivity index (χ4v) is 2.92.